The molecular formula is C34H49NO4. The van der Waals surface area contributed by atoms with Crippen LogP contribution < -0.4 is 4.74 Å². The number of aromatic nitrogens is 1. The van der Waals surface area contributed by atoms with E-state index in [0.29, 0.717) is 12.2 Å². The highest BCUT2D eigenvalue weighted by molar-refractivity contribution is 5.84. The molecule has 0 amide bonds. The van der Waals surface area contributed by atoms with Gasteiger partial charge in [0.1, 0.15) is 28.3 Å². The fourth-order valence-electron chi connectivity index (χ4n) is 5.64. The number of ether oxygens (including phenoxy) is 2. The van der Waals surface area contributed by atoms with Crippen molar-refractivity contribution in [1.29, 1.82) is 0 Å². The van der Waals surface area contributed by atoms with Gasteiger partial charge in [0.25, 0.3) is 0 Å². The van der Waals surface area contributed by atoms with Crippen LogP contribution in [0.15, 0.2) is 47.0 Å². The fourth-order valence-corrected chi connectivity index (χ4v) is 5.64. The van der Waals surface area contributed by atoms with Crippen LogP contribution in [0.1, 0.15) is 102 Å². The Labute approximate surface area is 235 Å². The van der Waals surface area contributed by atoms with Gasteiger partial charge in [-0.25, -0.2) is 0 Å². The van der Waals surface area contributed by atoms with Gasteiger partial charge < -0.3 is 13.9 Å². The smallest absolute Gasteiger partial charge is 0.312 e. The molecule has 5 heteroatoms. The zero-order valence-corrected chi connectivity index (χ0v) is 26.2. The molecule has 0 saturated carbocycles. The average Bonchev–Trinajstić information content (AvgIpc) is 3.18. The third kappa shape index (κ3) is 7.43. The fraction of sp³-hybridized carbons (Fsp3) is 0.588. The van der Waals surface area contributed by atoms with Gasteiger partial charge >= 0.3 is 5.97 Å². The number of benzene rings is 1. The molecule has 1 atom stereocenters. The Kier molecular flexibility index (Phi) is 8.37. The van der Waals surface area contributed by atoms with Gasteiger partial charge in [0, 0.05) is 29.6 Å². The normalized spacial score (nSPS) is 14.8. The predicted molar refractivity (Wildman–Crippen MR) is 160 cm³/mol. The molecule has 0 saturated heterocycles. The van der Waals surface area contributed by atoms with Crippen LogP contribution in [0.3, 0.4) is 0 Å². The van der Waals surface area contributed by atoms with E-state index in [1.165, 1.54) is 0 Å². The molecule has 3 rings (SSSR count). The topological polar surface area (TPSA) is 61.6 Å². The predicted octanol–water partition coefficient (Wildman–Crippen LogP) is 9.42. The lowest BCUT2D eigenvalue weighted by Gasteiger charge is -2.45. The van der Waals surface area contributed by atoms with E-state index < -0.39 is 16.6 Å². The Hall–Kier alpha value is -2.82. The number of hydrogen-bond acceptors (Lipinski definition) is 5. The van der Waals surface area contributed by atoms with Crippen molar-refractivity contribution in [3.63, 3.8) is 0 Å². The number of furan rings is 1. The molecule has 3 aromatic rings. The van der Waals surface area contributed by atoms with Crippen LogP contribution >= 0.6 is 0 Å². The zero-order chi connectivity index (χ0) is 29.4. The number of nitrogens with zero attached hydrogens (tertiary/aromatic N) is 1. The molecule has 1 aromatic carbocycles. The van der Waals surface area contributed by atoms with Gasteiger partial charge in [0.2, 0.25) is 0 Å². The summed E-state index contributed by atoms with van der Waals surface area (Å²) in [4.78, 5) is 18.2. The molecule has 0 spiro atoms. The minimum Gasteiger partial charge on any atom is -0.488 e. The van der Waals surface area contributed by atoms with Gasteiger partial charge in [-0.2, -0.15) is 0 Å². The van der Waals surface area contributed by atoms with Gasteiger partial charge in [-0.15, -0.1) is 0 Å². The molecule has 2 heterocycles. The summed E-state index contributed by atoms with van der Waals surface area (Å²) in [5, 5.41) is 1.01. The number of hydrogen-bond donors (Lipinski definition) is 0. The number of carbonyl (C=O) groups excluding carboxylic acids is 1. The number of pyridine rings is 1. The first-order valence-corrected chi connectivity index (χ1v) is 14.2. The summed E-state index contributed by atoms with van der Waals surface area (Å²) >= 11 is 0. The number of esters is 1. The van der Waals surface area contributed by atoms with E-state index in [4.69, 9.17) is 13.9 Å². The standard InChI is InChI=1S/C34H49NO4/c1-13-26-25(15-14-18-35-26)28-19-23-16-17-24(20-27(23)37-28)38-32(8,9)22-33(10,11)39-29(36)34(12,31(5,6)7)21-30(2,3)4/h14-20H,13,21-22H2,1-12H3. The van der Waals surface area contributed by atoms with Crippen molar-refractivity contribution in [2.45, 2.75) is 114 Å². The van der Waals surface area contributed by atoms with E-state index in [-0.39, 0.29) is 16.8 Å². The third-order valence-corrected chi connectivity index (χ3v) is 7.59. The average molecular weight is 536 g/mol. The number of carbonyl (C=O) groups is 1. The largest absolute Gasteiger partial charge is 0.488 e. The summed E-state index contributed by atoms with van der Waals surface area (Å²) in [6.07, 6.45) is 3.91. The molecule has 5 nitrogen and oxygen atoms in total. The molecule has 0 radical (unpaired) electrons. The van der Waals surface area contributed by atoms with Crippen molar-refractivity contribution in [2.24, 2.45) is 16.2 Å². The molecule has 214 valence electrons. The molecule has 0 aliphatic heterocycles. The van der Waals surface area contributed by atoms with Crippen LogP contribution in [0.5, 0.6) is 5.75 Å². The van der Waals surface area contributed by atoms with Crippen LogP contribution in [0.4, 0.5) is 0 Å². The van der Waals surface area contributed by atoms with Gasteiger partial charge in [0.15, 0.2) is 0 Å². The van der Waals surface area contributed by atoms with Gasteiger partial charge in [-0.1, -0.05) is 48.5 Å². The number of fused-ring (bicyclic) bond motifs is 1. The molecule has 2 aromatic heterocycles. The van der Waals surface area contributed by atoms with Crippen LogP contribution in [0, 0.1) is 16.2 Å². The maximum atomic E-state index is 13.7. The molecule has 0 aliphatic carbocycles. The maximum Gasteiger partial charge on any atom is 0.312 e. The van der Waals surface area contributed by atoms with E-state index in [9.17, 15) is 4.79 Å². The van der Waals surface area contributed by atoms with Gasteiger partial charge in [-0.3, -0.25) is 9.78 Å². The van der Waals surface area contributed by atoms with Gasteiger partial charge in [0.05, 0.1) is 11.1 Å². The maximum absolute atomic E-state index is 13.7. The van der Waals surface area contributed by atoms with Crippen molar-refractivity contribution >= 4 is 16.9 Å². The summed E-state index contributed by atoms with van der Waals surface area (Å²) in [5.41, 5.74) is 0.599. The lowest BCUT2D eigenvalue weighted by atomic mass is 9.61. The van der Waals surface area contributed by atoms with Crippen LogP contribution in [-0.4, -0.2) is 22.2 Å². The van der Waals surface area contributed by atoms with Crippen LogP contribution in [0.25, 0.3) is 22.3 Å². The zero-order valence-electron chi connectivity index (χ0n) is 26.2. The molecule has 0 aliphatic rings. The van der Waals surface area contributed by atoms with Crippen LogP contribution in [-0.2, 0) is 16.0 Å². The second-order valence-corrected chi connectivity index (χ2v) is 14.7. The second-order valence-electron chi connectivity index (χ2n) is 14.7. The van der Waals surface area contributed by atoms with E-state index in [1.807, 2.05) is 77.2 Å². The SMILES string of the molecule is CCc1ncccc1-c1cc2ccc(OC(C)(C)CC(C)(C)OC(=O)C(C)(CC(C)(C)C)C(C)(C)C)cc2o1. The lowest BCUT2D eigenvalue weighted by Crippen LogP contribution is -2.48. The Morgan fingerprint density at radius 3 is 2.13 bits per heavy atom. The Bertz CT molecular complexity index is 1300. The number of rotatable bonds is 9. The van der Waals surface area contributed by atoms with Gasteiger partial charge in [-0.05, 0) is 88.6 Å². The van der Waals surface area contributed by atoms with E-state index in [2.05, 4.69) is 53.5 Å². The van der Waals surface area contributed by atoms with Crippen molar-refractivity contribution in [3.8, 4) is 17.1 Å². The molecule has 1 unspecified atom stereocenters. The summed E-state index contributed by atoms with van der Waals surface area (Å²) < 4.78 is 18.9. The Balaban J connectivity index is 1.78. The Morgan fingerprint density at radius 2 is 1.54 bits per heavy atom. The molecular weight excluding hydrogens is 486 g/mol. The highest BCUT2D eigenvalue weighted by atomic mass is 16.6. The quantitative estimate of drug-likeness (QED) is 0.255. The number of aryl methyl sites for hydroxylation is 1. The first-order valence-electron chi connectivity index (χ1n) is 14.2. The first-order chi connectivity index (χ1) is 17.8. The van der Waals surface area contributed by atoms with E-state index in [0.717, 1.165) is 40.8 Å². The molecule has 39 heavy (non-hydrogen) atoms. The van der Waals surface area contributed by atoms with Crippen LogP contribution in [0.2, 0.25) is 0 Å². The summed E-state index contributed by atoms with van der Waals surface area (Å²) in [6, 6.07) is 11.9. The second kappa shape index (κ2) is 10.6. The highest BCUT2D eigenvalue weighted by Gasteiger charge is 2.49. The third-order valence-electron chi connectivity index (χ3n) is 7.59. The summed E-state index contributed by atoms with van der Waals surface area (Å²) in [5.74, 6) is 1.36. The summed E-state index contributed by atoms with van der Waals surface area (Å²) in [7, 11) is 0. The van der Waals surface area contributed by atoms with Crippen molar-refractivity contribution in [1.82, 2.24) is 4.98 Å². The lowest BCUT2D eigenvalue weighted by molar-refractivity contribution is -0.181. The molecule has 0 bridgehead atoms. The molecule has 0 fully saturated rings. The van der Waals surface area contributed by atoms with Crippen molar-refractivity contribution in [2.75, 3.05) is 0 Å². The van der Waals surface area contributed by atoms with E-state index >= 15 is 0 Å². The first kappa shape index (κ1) is 30.7. The Morgan fingerprint density at radius 1 is 0.872 bits per heavy atom. The summed E-state index contributed by atoms with van der Waals surface area (Å²) in [6.45, 7) is 25.0. The minimum atomic E-state index is -0.718. The monoisotopic (exact) mass is 535 g/mol. The minimum absolute atomic E-state index is 0.00688. The molecule has 0 N–H and O–H groups in total. The van der Waals surface area contributed by atoms with Crippen molar-refractivity contribution in [3.05, 3.63) is 48.3 Å². The van der Waals surface area contributed by atoms with E-state index in [1.54, 1.807) is 0 Å². The van der Waals surface area contributed by atoms with Crippen molar-refractivity contribution < 1.29 is 18.7 Å². The highest BCUT2D eigenvalue weighted by Crippen LogP contribution is 2.48.